The van der Waals surface area contributed by atoms with Crippen molar-refractivity contribution in [3.8, 4) is 0 Å². The summed E-state index contributed by atoms with van der Waals surface area (Å²) < 4.78 is 5.22. The molecule has 0 spiro atoms. The fourth-order valence-electron chi connectivity index (χ4n) is 3.46. The van der Waals surface area contributed by atoms with Crippen molar-refractivity contribution < 1.29 is 19.1 Å². The lowest BCUT2D eigenvalue weighted by Gasteiger charge is -2.32. The molecule has 1 atom stereocenters. The summed E-state index contributed by atoms with van der Waals surface area (Å²) in [5.41, 5.74) is 2.91. The van der Waals surface area contributed by atoms with Gasteiger partial charge in [-0.1, -0.05) is 54.6 Å². The molecule has 7 nitrogen and oxygen atoms in total. The highest BCUT2D eigenvalue weighted by atomic mass is 16.6. The van der Waals surface area contributed by atoms with Gasteiger partial charge in [0.2, 0.25) is 11.8 Å². The Labute approximate surface area is 202 Å². The summed E-state index contributed by atoms with van der Waals surface area (Å²) >= 11 is 0. The van der Waals surface area contributed by atoms with Crippen LogP contribution in [0.4, 0.5) is 4.79 Å². The first-order valence-electron chi connectivity index (χ1n) is 11.3. The second-order valence-corrected chi connectivity index (χ2v) is 9.09. The molecule has 0 aliphatic carbocycles. The van der Waals surface area contributed by atoms with Crippen molar-refractivity contribution >= 4 is 17.9 Å². The molecule has 0 radical (unpaired) electrons. The van der Waals surface area contributed by atoms with E-state index in [2.05, 4.69) is 17.2 Å². The van der Waals surface area contributed by atoms with Gasteiger partial charge in [-0.3, -0.25) is 9.59 Å². The monoisotopic (exact) mass is 465 g/mol. The van der Waals surface area contributed by atoms with Crippen LogP contribution in [-0.2, 0) is 20.9 Å². The summed E-state index contributed by atoms with van der Waals surface area (Å²) in [5.74, 6) is -0.739. The number of amides is 3. The van der Waals surface area contributed by atoms with Gasteiger partial charge in [-0.15, -0.1) is 6.58 Å². The molecule has 0 aliphatic rings. The smallest absolute Gasteiger partial charge is 0.408 e. The maximum Gasteiger partial charge on any atom is 0.408 e. The molecule has 0 fully saturated rings. The number of hydrogen-bond acceptors (Lipinski definition) is 4. The fourth-order valence-corrected chi connectivity index (χ4v) is 3.46. The van der Waals surface area contributed by atoms with Crippen molar-refractivity contribution in [1.29, 1.82) is 0 Å². The van der Waals surface area contributed by atoms with Gasteiger partial charge in [0.05, 0.1) is 0 Å². The van der Waals surface area contributed by atoms with Crippen LogP contribution in [0.3, 0.4) is 0 Å². The Hall–Kier alpha value is -3.61. The lowest BCUT2D eigenvalue weighted by Crippen LogP contribution is -2.48. The van der Waals surface area contributed by atoms with Crippen molar-refractivity contribution in [3.63, 3.8) is 0 Å². The summed E-state index contributed by atoms with van der Waals surface area (Å²) in [5, 5.41) is 5.44. The standard InChI is InChI=1S/C27H35N3O4/c1-7-16-30(23(31)18-29-26(33)34-27(4,5)6)24(22-15-11-12-19(2)20(22)3)25(32)28-17-21-13-9-8-10-14-21/h7-15,24H,1,16-18H2,2-6H3,(H,28,32)(H,29,33). The predicted octanol–water partition coefficient (Wildman–Crippen LogP) is 4.20. The van der Waals surface area contributed by atoms with E-state index in [4.69, 9.17) is 4.74 Å². The van der Waals surface area contributed by atoms with E-state index in [0.29, 0.717) is 6.54 Å². The molecular formula is C27H35N3O4. The van der Waals surface area contributed by atoms with E-state index in [-0.39, 0.29) is 19.0 Å². The third-order valence-corrected chi connectivity index (χ3v) is 5.24. The molecule has 0 saturated heterocycles. The molecule has 0 bridgehead atoms. The minimum Gasteiger partial charge on any atom is -0.444 e. The van der Waals surface area contributed by atoms with E-state index in [9.17, 15) is 14.4 Å². The second-order valence-electron chi connectivity index (χ2n) is 9.09. The van der Waals surface area contributed by atoms with E-state index in [1.807, 2.05) is 62.4 Å². The van der Waals surface area contributed by atoms with E-state index in [1.165, 1.54) is 4.90 Å². The van der Waals surface area contributed by atoms with Crippen LogP contribution in [0.5, 0.6) is 0 Å². The van der Waals surface area contributed by atoms with Crippen LogP contribution in [0.2, 0.25) is 0 Å². The Morgan fingerprint density at radius 2 is 1.71 bits per heavy atom. The zero-order valence-electron chi connectivity index (χ0n) is 20.7. The van der Waals surface area contributed by atoms with Crippen molar-refractivity contribution in [2.75, 3.05) is 13.1 Å². The molecule has 182 valence electrons. The van der Waals surface area contributed by atoms with E-state index in [1.54, 1.807) is 26.8 Å². The number of nitrogens with one attached hydrogen (secondary N) is 2. The molecule has 34 heavy (non-hydrogen) atoms. The predicted molar refractivity (Wildman–Crippen MR) is 133 cm³/mol. The normalized spacial score (nSPS) is 11.8. The number of benzene rings is 2. The first-order valence-corrected chi connectivity index (χ1v) is 11.3. The molecule has 2 rings (SSSR count). The lowest BCUT2D eigenvalue weighted by atomic mass is 9.95. The van der Waals surface area contributed by atoms with Gasteiger partial charge in [-0.25, -0.2) is 4.79 Å². The van der Waals surface area contributed by atoms with Crippen molar-refractivity contribution in [2.45, 2.75) is 52.8 Å². The maximum absolute atomic E-state index is 13.5. The number of alkyl carbamates (subject to hydrolysis) is 1. The molecule has 0 heterocycles. The van der Waals surface area contributed by atoms with Crippen LogP contribution >= 0.6 is 0 Å². The number of carbonyl (C=O) groups excluding carboxylic acids is 3. The van der Waals surface area contributed by atoms with Crippen molar-refractivity contribution in [1.82, 2.24) is 15.5 Å². The van der Waals surface area contributed by atoms with Gasteiger partial charge in [0.1, 0.15) is 18.2 Å². The van der Waals surface area contributed by atoms with Gasteiger partial charge < -0.3 is 20.3 Å². The SMILES string of the molecule is C=CCN(C(=O)CNC(=O)OC(C)(C)C)C(C(=O)NCc1ccccc1)c1cccc(C)c1C. The number of nitrogens with zero attached hydrogens (tertiary/aromatic N) is 1. The molecule has 7 heteroatoms. The number of hydrogen-bond donors (Lipinski definition) is 2. The topological polar surface area (TPSA) is 87.7 Å². The van der Waals surface area contributed by atoms with E-state index >= 15 is 0 Å². The Kier molecular flexibility index (Phi) is 9.42. The summed E-state index contributed by atoms with van der Waals surface area (Å²) in [6, 6.07) is 14.3. The summed E-state index contributed by atoms with van der Waals surface area (Å²) in [6.07, 6.45) is 0.866. The quantitative estimate of drug-likeness (QED) is 0.544. The van der Waals surface area contributed by atoms with E-state index in [0.717, 1.165) is 22.3 Å². The molecule has 0 saturated carbocycles. The number of carbonyl (C=O) groups is 3. The van der Waals surface area contributed by atoms with Gasteiger partial charge in [-0.2, -0.15) is 0 Å². The van der Waals surface area contributed by atoms with Crippen LogP contribution in [0.25, 0.3) is 0 Å². The first kappa shape index (κ1) is 26.6. The zero-order chi connectivity index (χ0) is 25.3. The summed E-state index contributed by atoms with van der Waals surface area (Å²) in [7, 11) is 0. The molecule has 0 aliphatic heterocycles. The highest BCUT2D eigenvalue weighted by molar-refractivity contribution is 5.90. The number of rotatable bonds is 9. The first-order chi connectivity index (χ1) is 16.0. The zero-order valence-corrected chi connectivity index (χ0v) is 20.7. The third-order valence-electron chi connectivity index (χ3n) is 5.24. The lowest BCUT2D eigenvalue weighted by molar-refractivity contribution is -0.139. The van der Waals surface area contributed by atoms with Crippen molar-refractivity contribution in [2.24, 2.45) is 0 Å². The number of ether oxygens (including phenoxy) is 1. The van der Waals surface area contributed by atoms with E-state index < -0.39 is 23.6 Å². The van der Waals surface area contributed by atoms with Gasteiger partial charge in [-0.05, 0) is 56.9 Å². The minimum atomic E-state index is -0.894. The number of aryl methyl sites for hydroxylation is 1. The summed E-state index contributed by atoms with van der Waals surface area (Å²) in [4.78, 5) is 40.2. The Balaban J connectivity index is 2.31. The van der Waals surface area contributed by atoms with Gasteiger partial charge in [0.25, 0.3) is 0 Å². The molecule has 0 aromatic heterocycles. The Bertz CT molecular complexity index is 1010. The van der Waals surface area contributed by atoms with Gasteiger partial charge >= 0.3 is 6.09 Å². The van der Waals surface area contributed by atoms with Crippen LogP contribution < -0.4 is 10.6 Å². The van der Waals surface area contributed by atoms with Gasteiger partial charge in [0, 0.05) is 13.1 Å². The second kappa shape index (κ2) is 12.0. The molecule has 2 aromatic rings. The average molecular weight is 466 g/mol. The van der Waals surface area contributed by atoms with Crippen LogP contribution in [-0.4, -0.2) is 41.5 Å². The van der Waals surface area contributed by atoms with Crippen LogP contribution in [0, 0.1) is 13.8 Å². The van der Waals surface area contributed by atoms with Crippen LogP contribution in [0.1, 0.15) is 49.1 Å². The minimum absolute atomic E-state index is 0.131. The molecular weight excluding hydrogens is 430 g/mol. The molecule has 2 N–H and O–H groups in total. The van der Waals surface area contributed by atoms with Gasteiger partial charge in [0.15, 0.2) is 0 Å². The maximum atomic E-state index is 13.5. The molecule has 3 amide bonds. The summed E-state index contributed by atoms with van der Waals surface area (Å²) in [6.45, 7) is 13.0. The fraction of sp³-hybridized carbons (Fsp3) is 0.370. The molecule has 2 aromatic carbocycles. The third kappa shape index (κ3) is 7.76. The highest BCUT2D eigenvalue weighted by Gasteiger charge is 2.32. The highest BCUT2D eigenvalue weighted by Crippen LogP contribution is 2.27. The van der Waals surface area contributed by atoms with Crippen molar-refractivity contribution in [3.05, 3.63) is 83.4 Å². The Morgan fingerprint density at radius 3 is 2.32 bits per heavy atom. The average Bonchev–Trinajstić information content (AvgIpc) is 2.78. The Morgan fingerprint density at radius 1 is 1.03 bits per heavy atom. The van der Waals surface area contributed by atoms with Crippen LogP contribution in [0.15, 0.2) is 61.2 Å². The largest absolute Gasteiger partial charge is 0.444 e. The molecule has 1 unspecified atom stereocenters.